The van der Waals surface area contributed by atoms with Crippen LogP contribution in [0.2, 0.25) is 0 Å². The minimum atomic E-state index is 0.278. The Labute approximate surface area is 165 Å². The van der Waals surface area contributed by atoms with Gasteiger partial charge < -0.3 is 0 Å². The molecule has 1 atom stereocenters. The van der Waals surface area contributed by atoms with Gasteiger partial charge in [-0.3, -0.25) is 0 Å². The first-order valence-corrected chi connectivity index (χ1v) is 10.0. The van der Waals surface area contributed by atoms with Gasteiger partial charge >= 0.3 is 0 Å². The molecule has 0 aromatic heterocycles. The molecule has 0 saturated carbocycles. The average Bonchev–Trinajstić information content (AvgIpc) is 2.63. The molecule has 3 aromatic rings. The van der Waals surface area contributed by atoms with Crippen LogP contribution in [0.3, 0.4) is 0 Å². The number of hydrogen-bond acceptors (Lipinski definition) is 0. The van der Waals surface area contributed by atoms with Gasteiger partial charge in [0.05, 0.1) is 0 Å². The normalized spacial score (nSPS) is 12.8. The predicted molar refractivity (Wildman–Crippen MR) is 118 cm³/mol. The molecule has 140 valence electrons. The summed E-state index contributed by atoms with van der Waals surface area (Å²) in [4.78, 5) is 0. The molecule has 0 bridgehead atoms. The summed E-state index contributed by atoms with van der Waals surface area (Å²) in [6.07, 6.45) is 2.25. The monoisotopic (exact) mass is 356 g/mol. The summed E-state index contributed by atoms with van der Waals surface area (Å²) < 4.78 is 0. The van der Waals surface area contributed by atoms with Crippen LogP contribution in [0.5, 0.6) is 0 Å². The second-order valence-electron chi connectivity index (χ2n) is 9.02. The lowest BCUT2D eigenvalue weighted by Crippen LogP contribution is -2.25. The van der Waals surface area contributed by atoms with Gasteiger partial charge in [-0.1, -0.05) is 105 Å². The Morgan fingerprint density at radius 3 is 1.30 bits per heavy atom. The Balaban J connectivity index is 1.75. The van der Waals surface area contributed by atoms with Crippen molar-refractivity contribution in [1.82, 2.24) is 0 Å². The molecule has 0 aliphatic heterocycles. The van der Waals surface area contributed by atoms with E-state index in [1.165, 1.54) is 33.4 Å². The zero-order valence-corrected chi connectivity index (χ0v) is 17.4. The molecule has 0 aliphatic carbocycles. The van der Waals surface area contributed by atoms with E-state index in [1.807, 2.05) is 0 Å². The van der Waals surface area contributed by atoms with Gasteiger partial charge in [-0.15, -0.1) is 0 Å². The fourth-order valence-corrected chi connectivity index (χ4v) is 3.56. The van der Waals surface area contributed by atoms with Gasteiger partial charge in [0.25, 0.3) is 0 Å². The van der Waals surface area contributed by atoms with Gasteiger partial charge in [0.15, 0.2) is 0 Å². The van der Waals surface area contributed by atoms with E-state index < -0.39 is 0 Å². The maximum absolute atomic E-state index is 2.37. The lowest BCUT2D eigenvalue weighted by molar-refractivity contribution is 0.237. The maximum Gasteiger partial charge on any atom is -0.0184 e. The predicted octanol–water partition coefficient (Wildman–Crippen LogP) is 7.42. The van der Waals surface area contributed by atoms with Gasteiger partial charge in [-0.2, -0.15) is 0 Å². The molecule has 0 nitrogen and oxygen atoms in total. The quantitative estimate of drug-likeness (QED) is 0.446. The summed E-state index contributed by atoms with van der Waals surface area (Å²) in [5.41, 5.74) is 8.37. The molecular weight excluding hydrogens is 324 g/mol. The topological polar surface area (TPSA) is 0 Å². The van der Waals surface area contributed by atoms with E-state index in [1.54, 1.807) is 0 Å². The highest BCUT2D eigenvalue weighted by Gasteiger charge is 2.25. The van der Waals surface area contributed by atoms with Crippen molar-refractivity contribution in [2.45, 2.75) is 47.5 Å². The lowest BCUT2D eigenvalue weighted by atomic mass is 9.74. The molecule has 3 aromatic carbocycles. The zero-order chi connectivity index (χ0) is 19.4. The van der Waals surface area contributed by atoms with Crippen molar-refractivity contribution in [3.05, 3.63) is 95.1 Å². The Morgan fingerprint density at radius 2 is 0.889 bits per heavy atom. The van der Waals surface area contributed by atoms with Crippen LogP contribution in [-0.4, -0.2) is 0 Å². The molecule has 0 saturated heterocycles. The average molecular weight is 357 g/mol. The largest absolute Gasteiger partial charge is 0.0599 e. The number of benzene rings is 3. The van der Waals surface area contributed by atoms with Gasteiger partial charge in [-0.25, -0.2) is 0 Å². The van der Waals surface area contributed by atoms with E-state index in [4.69, 9.17) is 0 Å². The molecule has 0 heteroatoms. The van der Waals surface area contributed by atoms with Gasteiger partial charge in [0.1, 0.15) is 0 Å². The summed E-state index contributed by atoms with van der Waals surface area (Å²) in [5.74, 6) is 0.616. The van der Waals surface area contributed by atoms with E-state index >= 15 is 0 Å². The smallest absolute Gasteiger partial charge is 0.0184 e. The van der Waals surface area contributed by atoms with Gasteiger partial charge in [0, 0.05) is 0 Å². The highest BCUT2D eigenvalue weighted by molar-refractivity contribution is 5.63. The third-order valence-corrected chi connectivity index (χ3v) is 5.65. The molecule has 0 amide bonds. The molecule has 0 fully saturated rings. The van der Waals surface area contributed by atoms with Crippen molar-refractivity contribution in [3.63, 3.8) is 0 Å². The summed E-state index contributed by atoms with van der Waals surface area (Å²) in [6, 6.07) is 27.0. The molecular formula is C27H32. The number of hydrogen-bond donors (Lipinski definition) is 0. The maximum atomic E-state index is 2.37. The summed E-state index contributed by atoms with van der Waals surface area (Å²) in [7, 11) is 0. The van der Waals surface area contributed by atoms with Crippen LogP contribution in [0.25, 0.3) is 11.1 Å². The number of rotatable bonds is 5. The van der Waals surface area contributed by atoms with E-state index in [0.717, 1.165) is 12.8 Å². The summed E-state index contributed by atoms with van der Waals surface area (Å²) in [5, 5.41) is 0. The van der Waals surface area contributed by atoms with Crippen LogP contribution < -0.4 is 0 Å². The molecule has 0 heterocycles. The van der Waals surface area contributed by atoms with Crippen molar-refractivity contribution >= 4 is 0 Å². The first kappa shape index (κ1) is 19.4. The van der Waals surface area contributed by atoms with E-state index in [0.29, 0.717) is 5.92 Å². The Bertz CT molecular complexity index is 844. The standard InChI is InChI=1S/C27H32/c1-20-6-10-22(11-7-20)18-26(27(3,4)5)19-23-12-16-25(17-13-23)24-14-8-21(2)9-15-24/h6-17,26H,18-19H2,1-5H3. The van der Waals surface area contributed by atoms with Gasteiger partial charge in [-0.05, 0) is 60.3 Å². The van der Waals surface area contributed by atoms with Crippen LogP contribution in [0.4, 0.5) is 0 Å². The minimum absolute atomic E-state index is 0.278. The van der Waals surface area contributed by atoms with Crippen LogP contribution in [0, 0.1) is 25.2 Å². The lowest BCUT2D eigenvalue weighted by Gasteiger charge is -2.31. The number of aryl methyl sites for hydroxylation is 2. The first-order chi connectivity index (χ1) is 12.8. The fraction of sp³-hybridized carbons (Fsp3) is 0.333. The second kappa shape index (κ2) is 8.13. The molecule has 3 rings (SSSR count). The molecule has 27 heavy (non-hydrogen) atoms. The van der Waals surface area contributed by atoms with E-state index in [-0.39, 0.29) is 5.41 Å². The van der Waals surface area contributed by atoms with Crippen molar-refractivity contribution in [1.29, 1.82) is 0 Å². The van der Waals surface area contributed by atoms with Crippen molar-refractivity contribution < 1.29 is 0 Å². The first-order valence-electron chi connectivity index (χ1n) is 10.0. The van der Waals surface area contributed by atoms with Crippen LogP contribution in [0.1, 0.15) is 43.0 Å². The highest BCUT2D eigenvalue weighted by Crippen LogP contribution is 2.32. The van der Waals surface area contributed by atoms with E-state index in [9.17, 15) is 0 Å². The zero-order valence-electron chi connectivity index (χ0n) is 17.4. The molecule has 0 N–H and O–H groups in total. The second-order valence-corrected chi connectivity index (χ2v) is 9.02. The van der Waals surface area contributed by atoms with Crippen molar-refractivity contribution in [2.75, 3.05) is 0 Å². The SMILES string of the molecule is Cc1ccc(CC(Cc2ccc(-c3ccc(C)cc3)cc2)C(C)(C)C)cc1. The summed E-state index contributed by atoms with van der Waals surface area (Å²) >= 11 is 0. The Hall–Kier alpha value is -2.34. The third kappa shape index (κ3) is 5.32. The molecule has 1 unspecified atom stereocenters. The minimum Gasteiger partial charge on any atom is -0.0599 e. The molecule has 0 spiro atoms. The van der Waals surface area contributed by atoms with Crippen LogP contribution in [-0.2, 0) is 12.8 Å². The Morgan fingerprint density at radius 1 is 0.556 bits per heavy atom. The van der Waals surface area contributed by atoms with Gasteiger partial charge in [0.2, 0.25) is 0 Å². The highest BCUT2D eigenvalue weighted by atomic mass is 14.3. The van der Waals surface area contributed by atoms with Crippen molar-refractivity contribution in [3.8, 4) is 11.1 Å². The van der Waals surface area contributed by atoms with Crippen LogP contribution >= 0.6 is 0 Å². The third-order valence-electron chi connectivity index (χ3n) is 5.65. The fourth-order valence-electron chi connectivity index (χ4n) is 3.56. The van der Waals surface area contributed by atoms with E-state index in [2.05, 4.69) is 107 Å². The Kier molecular flexibility index (Phi) is 5.85. The molecule has 0 radical (unpaired) electrons. The van der Waals surface area contributed by atoms with Crippen molar-refractivity contribution in [2.24, 2.45) is 11.3 Å². The molecule has 0 aliphatic rings. The van der Waals surface area contributed by atoms with Crippen LogP contribution in [0.15, 0.2) is 72.8 Å². The summed E-state index contributed by atoms with van der Waals surface area (Å²) in [6.45, 7) is 11.4.